The molecule has 1 atom stereocenters. The van der Waals surface area contributed by atoms with Gasteiger partial charge in [0.2, 0.25) is 0 Å². The number of hydrogen-bond acceptors (Lipinski definition) is 3. The van der Waals surface area contributed by atoms with Gasteiger partial charge >= 0.3 is 0 Å². The van der Waals surface area contributed by atoms with Gasteiger partial charge < -0.3 is 10.2 Å². The molecular formula is C13H18O2S. The fourth-order valence-corrected chi connectivity index (χ4v) is 3.49. The van der Waals surface area contributed by atoms with Gasteiger partial charge in [-0.25, -0.2) is 0 Å². The quantitative estimate of drug-likeness (QED) is 0.832. The van der Waals surface area contributed by atoms with Gasteiger partial charge in [-0.3, -0.25) is 0 Å². The van der Waals surface area contributed by atoms with Gasteiger partial charge in [0.05, 0.1) is 5.60 Å². The molecule has 3 heteroatoms. The highest BCUT2D eigenvalue weighted by atomic mass is 32.2. The number of rotatable bonds is 2. The van der Waals surface area contributed by atoms with Crippen LogP contribution in [-0.2, 0) is 5.60 Å². The number of phenols is 1. The Labute approximate surface area is 101 Å². The maximum absolute atomic E-state index is 10.6. The third kappa shape index (κ3) is 2.20. The Morgan fingerprint density at radius 1 is 1.25 bits per heavy atom. The van der Waals surface area contributed by atoms with Crippen LogP contribution in [0.25, 0.3) is 0 Å². The Morgan fingerprint density at radius 2 is 1.88 bits per heavy atom. The van der Waals surface area contributed by atoms with E-state index >= 15 is 0 Å². The first-order valence-electron chi connectivity index (χ1n) is 5.71. The predicted octanol–water partition coefficient (Wildman–Crippen LogP) is 2.74. The van der Waals surface area contributed by atoms with Crippen LogP contribution in [0.1, 0.15) is 25.3 Å². The summed E-state index contributed by atoms with van der Waals surface area (Å²) < 4.78 is 0. The van der Waals surface area contributed by atoms with E-state index in [1.54, 1.807) is 12.1 Å². The van der Waals surface area contributed by atoms with Gasteiger partial charge in [-0.15, -0.1) is 0 Å². The van der Waals surface area contributed by atoms with Crippen molar-refractivity contribution in [1.29, 1.82) is 0 Å². The van der Waals surface area contributed by atoms with Crippen LogP contribution < -0.4 is 0 Å². The zero-order valence-corrected chi connectivity index (χ0v) is 10.3. The van der Waals surface area contributed by atoms with E-state index < -0.39 is 5.60 Å². The van der Waals surface area contributed by atoms with Gasteiger partial charge in [0.25, 0.3) is 0 Å². The molecule has 1 aromatic rings. The number of hydrogen-bond donors (Lipinski definition) is 2. The number of benzene rings is 1. The van der Waals surface area contributed by atoms with Gasteiger partial charge in [0.1, 0.15) is 5.75 Å². The molecule has 2 nitrogen and oxygen atoms in total. The standard InChI is InChI=1S/C13H18O2S/c1-13(15,10-6-8-16-9-7-10)11-4-2-3-5-12(11)14/h2-5,10,14-15H,6-9H2,1H3. The summed E-state index contributed by atoms with van der Waals surface area (Å²) in [5.41, 5.74) is -0.251. The number of aliphatic hydroxyl groups is 1. The first-order chi connectivity index (χ1) is 7.62. The van der Waals surface area contributed by atoms with Crippen molar-refractivity contribution in [2.24, 2.45) is 5.92 Å². The van der Waals surface area contributed by atoms with E-state index in [1.807, 2.05) is 30.8 Å². The summed E-state index contributed by atoms with van der Waals surface area (Å²) in [6.07, 6.45) is 2.04. The van der Waals surface area contributed by atoms with Crippen LogP contribution in [0.5, 0.6) is 5.75 Å². The molecule has 88 valence electrons. The molecule has 0 bridgehead atoms. The van der Waals surface area contributed by atoms with Crippen molar-refractivity contribution in [3.8, 4) is 5.75 Å². The molecule has 1 fully saturated rings. The third-order valence-electron chi connectivity index (χ3n) is 3.47. The molecule has 0 saturated carbocycles. The fraction of sp³-hybridized carbons (Fsp3) is 0.538. The summed E-state index contributed by atoms with van der Waals surface area (Å²) in [4.78, 5) is 0. The zero-order chi connectivity index (χ0) is 11.6. The fourth-order valence-electron chi connectivity index (χ4n) is 2.38. The molecule has 0 amide bonds. The smallest absolute Gasteiger partial charge is 0.121 e. The van der Waals surface area contributed by atoms with Gasteiger partial charge in [-0.05, 0) is 43.3 Å². The lowest BCUT2D eigenvalue weighted by molar-refractivity contribution is -0.0114. The lowest BCUT2D eigenvalue weighted by atomic mass is 9.79. The molecule has 1 unspecified atom stereocenters. The average Bonchev–Trinajstić information content (AvgIpc) is 2.30. The van der Waals surface area contributed by atoms with E-state index in [4.69, 9.17) is 0 Å². The Bertz CT molecular complexity index is 357. The highest BCUT2D eigenvalue weighted by Gasteiger charge is 2.36. The summed E-state index contributed by atoms with van der Waals surface area (Å²) in [6.45, 7) is 1.82. The minimum Gasteiger partial charge on any atom is -0.508 e. The average molecular weight is 238 g/mol. The summed E-state index contributed by atoms with van der Waals surface area (Å²) in [5.74, 6) is 2.66. The predicted molar refractivity (Wildman–Crippen MR) is 67.7 cm³/mol. The molecule has 1 saturated heterocycles. The Balaban J connectivity index is 2.26. The lowest BCUT2D eigenvalue weighted by Gasteiger charge is -2.36. The molecule has 1 aliphatic rings. The van der Waals surface area contributed by atoms with Gasteiger partial charge in [-0.1, -0.05) is 18.2 Å². The maximum Gasteiger partial charge on any atom is 0.121 e. The van der Waals surface area contributed by atoms with Gasteiger partial charge in [-0.2, -0.15) is 11.8 Å². The first-order valence-corrected chi connectivity index (χ1v) is 6.86. The van der Waals surface area contributed by atoms with E-state index in [0.29, 0.717) is 5.56 Å². The first kappa shape index (κ1) is 11.8. The van der Waals surface area contributed by atoms with E-state index in [9.17, 15) is 10.2 Å². The number of aromatic hydroxyl groups is 1. The summed E-state index contributed by atoms with van der Waals surface area (Å²) in [7, 11) is 0. The molecular weight excluding hydrogens is 220 g/mol. The SMILES string of the molecule is CC(O)(c1ccccc1O)C1CCSCC1. The lowest BCUT2D eigenvalue weighted by Crippen LogP contribution is -2.34. The van der Waals surface area contributed by atoms with Crippen molar-refractivity contribution in [2.75, 3.05) is 11.5 Å². The zero-order valence-electron chi connectivity index (χ0n) is 9.52. The molecule has 2 rings (SSSR count). The van der Waals surface area contributed by atoms with Crippen molar-refractivity contribution < 1.29 is 10.2 Å². The van der Waals surface area contributed by atoms with Gasteiger partial charge in [0.15, 0.2) is 0 Å². The van der Waals surface area contributed by atoms with Crippen LogP contribution in [0.3, 0.4) is 0 Å². The van der Waals surface area contributed by atoms with Crippen LogP contribution in [0.2, 0.25) is 0 Å². The van der Waals surface area contributed by atoms with E-state index in [0.717, 1.165) is 24.3 Å². The minimum atomic E-state index is -0.910. The van der Waals surface area contributed by atoms with Crippen molar-refractivity contribution >= 4 is 11.8 Å². The molecule has 0 radical (unpaired) electrons. The van der Waals surface area contributed by atoms with Crippen LogP contribution >= 0.6 is 11.8 Å². The number of thioether (sulfide) groups is 1. The Kier molecular flexibility index (Phi) is 3.45. The highest BCUT2D eigenvalue weighted by Crippen LogP contribution is 2.41. The molecule has 1 aromatic carbocycles. The molecule has 0 spiro atoms. The van der Waals surface area contributed by atoms with Crippen LogP contribution in [0.15, 0.2) is 24.3 Å². The normalized spacial score (nSPS) is 21.6. The molecule has 1 heterocycles. The Morgan fingerprint density at radius 3 is 2.50 bits per heavy atom. The molecule has 1 aliphatic heterocycles. The maximum atomic E-state index is 10.6. The van der Waals surface area contributed by atoms with Crippen molar-refractivity contribution in [3.63, 3.8) is 0 Å². The minimum absolute atomic E-state index is 0.200. The summed E-state index contributed by atoms with van der Waals surface area (Å²) in [5, 5.41) is 20.4. The van der Waals surface area contributed by atoms with Crippen LogP contribution in [0, 0.1) is 5.92 Å². The highest BCUT2D eigenvalue weighted by molar-refractivity contribution is 7.99. The third-order valence-corrected chi connectivity index (χ3v) is 4.51. The molecule has 0 aromatic heterocycles. The second-order valence-electron chi connectivity index (χ2n) is 4.55. The topological polar surface area (TPSA) is 40.5 Å². The molecule has 2 N–H and O–H groups in total. The monoisotopic (exact) mass is 238 g/mol. The van der Waals surface area contributed by atoms with Crippen molar-refractivity contribution in [2.45, 2.75) is 25.4 Å². The van der Waals surface area contributed by atoms with Crippen LogP contribution in [-0.4, -0.2) is 21.7 Å². The van der Waals surface area contributed by atoms with E-state index in [2.05, 4.69) is 0 Å². The largest absolute Gasteiger partial charge is 0.508 e. The summed E-state index contributed by atoms with van der Waals surface area (Å²) in [6, 6.07) is 7.10. The molecule has 0 aliphatic carbocycles. The Hall–Kier alpha value is -0.670. The van der Waals surface area contributed by atoms with Crippen molar-refractivity contribution in [1.82, 2.24) is 0 Å². The second-order valence-corrected chi connectivity index (χ2v) is 5.78. The molecule has 16 heavy (non-hydrogen) atoms. The van der Waals surface area contributed by atoms with Crippen LogP contribution in [0.4, 0.5) is 0 Å². The number of para-hydroxylation sites is 1. The van der Waals surface area contributed by atoms with E-state index in [-0.39, 0.29) is 11.7 Å². The van der Waals surface area contributed by atoms with Crippen molar-refractivity contribution in [3.05, 3.63) is 29.8 Å². The van der Waals surface area contributed by atoms with E-state index in [1.165, 1.54) is 0 Å². The van der Waals surface area contributed by atoms with Gasteiger partial charge in [0, 0.05) is 5.56 Å². The second kappa shape index (κ2) is 4.68. The number of phenolic OH excluding ortho intramolecular Hbond substituents is 1. The summed E-state index contributed by atoms with van der Waals surface area (Å²) >= 11 is 1.94.